The molecule has 0 saturated carbocycles. The molecule has 35 heavy (non-hydrogen) atoms. The van der Waals surface area contributed by atoms with Crippen molar-refractivity contribution in [3.8, 4) is 22.8 Å². The number of halogens is 3. The minimum absolute atomic E-state index is 0.0850. The standard InChI is InChI=1S/C24H22F3N3O4S/c1-13(31)16-10-19(33-3)20(34-4)11-18(16)28-22(32)14(2)35-23-29-17(15-8-6-5-7-9-15)12-21(30-23)24(25,26)27/h5-12,14H,1-4H3,(H,28,32)/t14-/m1/s1. The van der Waals surface area contributed by atoms with Crippen LogP contribution in [0.5, 0.6) is 11.5 Å². The summed E-state index contributed by atoms with van der Waals surface area (Å²) in [6.45, 7) is 2.83. The number of carbonyl (C=O) groups is 2. The Labute approximate surface area is 204 Å². The van der Waals surface area contributed by atoms with Crippen LogP contribution in [0.1, 0.15) is 29.9 Å². The summed E-state index contributed by atoms with van der Waals surface area (Å²) in [7, 11) is 2.82. The molecule has 0 aliphatic heterocycles. The number of hydrogen-bond donors (Lipinski definition) is 1. The third-order valence-electron chi connectivity index (χ3n) is 4.88. The van der Waals surface area contributed by atoms with Gasteiger partial charge in [0.25, 0.3) is 0 Å². The number of benzene rings is 2. The maximum atomic E-state index is 13.5. The summed E-state index contributed by atoms with van der Waals surface area (Å²) in [6, 6.07) is 12.1. The Kier molecular flexibility index (Phi) is 8.00. The molecule has 0 spiro atoms. The second-order valence-corrected chi connectivity index (χ2v) is 8.65. The highest BCUT2D eigenvalue weighted by Gasteiger charge is 2.34. The van der Waals surface area contributed by atoms with Crippen LogP contribution in [0, 0.1) is 0 Å². The van der Waals surface area contributed by atoms with Crippen molar-refractivity contribution in [3.05, 3.63) is 59.8 Å². The van der Waals surface area contributed by atoms with Gasteiger partial charge in [0.05, 0.1) is 30.9 Å². The summed E-state index contributed by atoms with van der Waals surface area (Å²) in [5.74, 6) is -0.284. The van der Waals surface area contributed by atoms with Crippen LogP contribution in [-0.2, 0) is 11.0 Å². The SMILES string of the molecule is COc1cc(NC(=O)[C@@H](C)Sc2nc(-c3ccccc3)cc(C(F)(F)F)n2)c(C(C)=O)cc1OC. The van der Waals surface area contributed by atoms with E-state index in [1.807, 2.05) is 0 Å². The molecule has 184 valence electrons. The zero-order valence-electron chi connectivity index (χ0n) is 19.3. The third kappa shape index (κ3) is 6.30. The number of ketones is 1. The molecule has 0 aliphatic carbocycles. The number of Topliss-reactive ketones (excluding diaryl/α,β-unsaturated/α-hetero) is 1. The smallest absolute Gasteiger partial charge is 0.433 e. The van der Waals surface area contributed by atoms with Crippen molar-refractivity contribution >= 4 is 29.1 Å². The molecule has 0 saturated heterocycles. The first-order valence-electron chi connectivity index (χ1n) is 10.3. The number of methoxy groups -OCH3 is 2. The van der Waals surface area contributed by atoms with Crippen molar-refractivity contribution in [1.29, 1.82) is 0 Å². The van der Waals surface area contributed by atoms with Gasteiger partial charge in [0, 0.05) is 17.2 Å². The van der Waals surface area contributed by atoms with Gasteiger partial charge in [0.15, 0.2) is 22.4 Å². The first kappa shape index (κ1) is 26.0. The van der Waals surface area contributed by atoms with Crippen LogP contribution in [0.2, 0.25) is 0 Å². The summed E-state index contributed by atoms with van der Waals surface area (Å²) in [4.78, 5) is 32.8. The third-order valence-corrected chi connectivity index (χ3v) is 5.84. The summed E-state index contributed by atoms with van der Waals surface area (Å²) in [5, 5.41) is 1.53. The van der Waals surface area contributed by atoms with Crippen LogP contribution >= 0.6 is 11.8 Å². The lowest BCUT2D eigenvalue weighted by atomic mass is 10.1. The molecule has 1 atom stereocenters. The van der Waals surface area contributed by atoms with E-state index < -0.39 is 23.0 Å². The number of anilines is 1. The molecule has 1 amide bonds. The number of alkyl halides is 3. The van der Waals surface area contributed by atoms with E-state index in [0.29, 0.717) is 17.1 Å². The lowest BCUT2D eigenvalue weighted by Gasteiger charge is -2.17. The number of aromatic nitrogens is 2. The van der Waals surface area contributed by atoms with Crippen LogP contribution in [0.25, 0.3) is 11.3 Å². The molecule has 0 unspecified atom stereocenters. The highest BCUT2D eigenvalue weighted by Crippen LogP contribution is 2.35. The zero-order chi connectivity index (χ0) is 25.8. The topological polar surface area (TPSA) is 90.4 Å². The number of nitrogens with zero attached hydrogens (tertiary/aromatic N) is 2. The van der Waals surface area contributed by atoms with Crippen LogP contribution in [0.3, 0.4) is 0 Å². The minimum atomic E-state index is -4.69. The van der Waals surface area contributed by atoms with E-state index in [0.717, 1.165) is 17.8 Å². The Hall–Kier alpha value is -3.60. The first-order chi connectivity index (χ1) is 16.5. The van der Waals surface area contributed by atoms with Crippen LogP contribution < -0.4 is 14.8 Å². The van der Waals surface area contributed by atoms with E-state index in [2.05, 4.69) is 15.3 Å². The van der Waals surface area contributed by atoms with Crippen molar-refractivity contribution < 1.29 is 32.2 Å². The lowest BCUT2D eigenvalue weighted by molar-refractivity contribution is -0.141. The molecular weight excluding hydrogens is 483 g/mol. The Morgan fingerprint density at radius 2 is 1.63 bits per heavy atom. The van der Waals surface area contributed by atoms with Gasteiger partial charge in [0.1, 0.15) is 5.69 Å². The van der Waals surface area contributed by atoms with Gasteiger partial charge < -0.3 is 14.8 Å². The molecule has 3 rings (SSSR count). The van der Waals surface area contributed by atoms with Crippen molar-refractivity contribution in [2.24, 2.45) is 0 Å². The molecule has 11 heteroatoms. The van der Waals surface area contributed by atoms with E-state index in [1.54, 1.807) is 30.3 Å². The van der Waals surface area contributed by atoms with E-state index in [9.17, 15) is 22.8 Å². The molecular formula is C24H22F3N3O4S. The van der Waals surface area contributed by atoms with Gasteiger partial charge in [-0.15, -0.1) is 0 Å². The number of rotatable bonds is 8. The molecule has 3 aromatic rings. The lowest BCUT2D eigenvalue weighted by Crippen LogP contribution is -2.24. The van der Waals surface area contributed by atoms with Crippen LogP contribution in [0.4, 0.5) is 18.9 Å². The summed E-state index contributed by atoms with van der Waals surface area (Å²) >= 11 is 0.767. The highest BCUT2D eigenvalue weighted by atomic mass is 32.2. The fourth-order valence-electron chi connectivity index (χ4n) is 3.10. The molecule has 1 heterocycles. The fourth-order valence-corrected chi connectivity index (χ4v) is 3.88. The summed E-state index contributed by atoms with van der Waals surface area (Å²) in [5.41, 5.74) is -0.171. The predicted octanol–water partition coefficient (Wildman–Crippen LogP) is 5.50. The van der Waals surface area contributed by atoms with E-state index in [-0.39, 0.29) is 27.9 Å². The number of ether oxygens (including phenoxy) is 2. The van der Waals surface area contributed by atoms with Crippen LogP contribution in [-0.4, -0.2) is 41.1 Å². The molecule has 0 bridgehead atoms. The summed E-state index contributed by atoms with van der Waals surface area (Å²) in [6.07, 6.45) is -4.69. The Bertz CT molecular complexity index is 1240. The molecule has 1 N–H and O–H groups in total. The average molecular weight is 506 g/mol. The van der Waals surface area contributed by atoms with Gasteiger partial charge in [0.2, 0.25) is 5.91 Å². The monoisotopic (exact) mass is 505 g/mol. The predicted molar refractivity (Wildman–Crippen MR) is 126 cm³/mol. The maximum Gasteiger partial charge on any atom is 0.433 e. The van der Waals surface area contributed by atoms with Crippen molar-refractivity contribution in [3.63, 3.8) is 0 Å². The minimum Gasteiger partial charge on any atom is -0.493 e. The first-order valence-corrected chi connectivity index (χ1v) is 11.2. The Morgan fingerprint density at radius 3 is 2.20 bits per heavy atom. The fraction of sp³-hybridized carbons (Fsp3) is 0.250. The quantitative estimate of drug-likeness (QED) is 0.246. The van der Waals surface area contributed by atoms with Crippen molar-refractivity contribution in [2.45, 2.75) is 30.4 Å². The Morgan fingerprint density at radius 1 is 1.00 bits per heavy atom. The molecule has 1 aromatic heterocycles. The highest BCUT2D eigenvalue weighted by molar-refractivity contribution is 8.00. The second kappa shape index (κ2) is 10.8. The van der Waals surface area contributed by atoms with Crippen molar-refractivity contribution in [2.75, 3.05) is 19.5 Å². The number of thioether (sulfide) groups is 1. The van der Waals surface area contributed by atoms with E-state index in [1.165, 1.54) is 40.2 Å². The normalized spacial score (nSPS) is 12.1. The largest absolute Gasteiger partial charge is 0.493 e. The Balaban J connectivity index is 1.89. The number of nitrogens with one attached hydrogen (secondary N) is 1. The van der Waals surface area contributed by atoms with Gasteiger partial charge in [-0.3, -0.25) is 9.59 Å². The van der Waals surface area contributed by atoms with E-state index in [4.69, 9.17) is 9.47 Å². The number of amides is 1. The second-order valence-electron chi connectivity index (χ2n) is 7.34. The van der Waals surface area contributed by atoms with Crippen molar-refractivity contribution in [1.82, 2.24) is 9.97 Å². The van der Waals surface area contributed by atoms with Gasteiger partial charge in [-0.05, 0) is 26.0 Å². The number of carbonyl (C=O) groups excluding carboxylic acids is 2. The molecule has 2 aromatic carbocycles. The maximum absolute atomic E-state index is 13.5. The summed E-state index contributed by atoms with van der Waals surface area (Å²) < 4.78 is 50.8. The van der Waals surface area contributed by atoms with Gasteiger partial charge in [-0.25, -0.2) is 9.97 Å². The molecule has 0 fully saturated rings. The average Bonchev–Trinajstić information content (AvgIpc) is 2.83. The van der Waals surface area contributed by atoms with Gasteiger partial charge >= 0.3 is 6.18 Å². The van der Waals surface area contributed by atoms with Gasteiger partial charge in [-0.2, -0.15) is 13.2 Å². The van der Waals surface area contributed by atoms with Gasteiger partial charge in [-0.1, -0.05) is 42.1 Å². The number of hydrogen-bond acceptors (Lipinski definition) is 7. The van der Waals surface area contributed by atoms with Crippen LogP contribution in [0.15, 0.2) is 53.7 Å². The molecule has 7 nitrogen and oxygen atoms in total. The molecule has 0 radical (unpaired) electrons. The zero-order valence-corrected chi connectivity index (χ0v) is 20.1. The molecule has 0 aliphatic rings. The van der Waals surface area contributed by atoms with E-state index >= 15 is 0 Å².